The molecule has 0 radical (unpaired) electrons. The van der Waals surface area contributed by atoms with Crippen LogP contribution in [0.3, 0.4) is 0 Å². The van der Waals surface area contributed by atoms with Gasteiger partial charge in [0.1, 0.15) is 5.69 Å². The van der Waals surface area contributed by atoms with Crippen LogP contribution in [0, 0.1) is 0 Å². The molecule has 1 aliphatic rings. The molecule has 1 atom stereocenters. The molecule has 178 valence electrons. The Balaban J connectivity index is 2.28. The monoisotopic (exact) mass is 494 g/mol. The van der Waals surface area contributed by atoms with Gasteiger partial charge < -0.3 is 4.74 Å². The molecule has 3 rings (SSSR count). The molecule has 0 N–H and O–H groups in total. The van der Waals surface area contributed by atoms with Crippen LogP contribution < -0.4 is 4.31 Å². The first kappa shape index (κ1) is 24.4. The highest BCUT2D eigenvalue weighted by molar-refractivity contribution is 7.94. The standard InChI is InChI=1S/C18H15F5N4O5S/c1-2-32-17(29)9-3-4-10(18(21,22)23)26-12(9)15-14(28)13-16(25-7-6-24-13)27(33(15,30)31)8-5-11(19)20/h3-4,6-7,11,15H,2,5,8H2,1H3. The highest BCUT2D eigenvalue weighted by atomic mass is 32.2. The van der Waals surface area contributed by atoms with Gasteiger partial charge in [-0.05, 0) is 19.1 Å². The van der Waals surface area contributed by atoms with Crippen molar-refractivity contribution in [3.05, 3.63) is 47.2 Å². The minimum absolute atomic E-state index is 0.209. The van der Waals surface area contributed by atoms with Gasteiger partial charge in [-0.2, -0.15) is 13.2 Å². The number of hydrogen-bond donors (Lipinski definition) is 0. The van der Waals surface area contributed by atoms with E-state index in [4.69, 9.17) is 4.74 Å². The van der Waals surface area contributed by atoms with Gasteiger partial charge in [0.2, 0.25) is 12.2 Å². The molecule has 9 nitrogen and oxygen atoms in total. The van der Waals surface area contributed by atoms with Crippen LogP contribution in [-0.4, -0.2) is 54.7 Å². The maximum Gasteiger partial charge on any atom is 0.433 e. The molecule has 0 fully saturated rings. The number of anilines is 1. The van der Waals surface area contributed by atoms with Crippen molar-refractivity contribution in [2.75, 3.05) is 17.5 Å². The summed E-state index contributed by atoms with van der Waals surface area (Å²) in [6.45, 7) is 0.345. The van der Waals surface area contributed by atoms with Crippen LogP contribution in [0.1, 0.15) is 50.8 Å². The third kappa shape index (κ3) is 4.62. The molecule has 0 spiro atoms. The highest BCUT2D eigenvalue weighted by Gasteiger charge is 2.50. The molecule has 0 aliphatic carbocycles. The fourth-order valence-corrected chi connectivity index (χ4v) is 4.95. The Morgan fingerprint density at radius 3 is 2.48 bits per heavy atom. The SMILES string of the molecule is CCOC(=O)c1ccc(C(F)(F)F)nc1C1C(=O)c2nccnc2N(CCC(F)F)S1(=O)=O. The molecule has 2 aromatic rings. The van der Waals surface area contributed by atoms with E-state index in [1.165, 1.54) is 6.92 Å². The number of carbonyl (C=O) groups is 2. The zero-order valence-corrected chi connectivity index (χ0v) is 17.5. The number of aromatic nitrogens is 3. The van der Waals surface area contributed by atoms with Gasteiger partial charge in [0.15, 0.2) is 16.8 Å². The van der Waals surface area contributed by atoms with E-state index in [0.717, 1.165) is 12.4 Å². The van der Waals surface area contributed by atoms with Crippen LogP contribution in [0.25, 0.3) is 0 Å². The number of ketones is 1. The third-order valence-corrected chi connectivity index (χ3v) is 6.50. The Labute approximate surface area is 183 Å². The summed E-state index contributed by atoms with van der Waals surface area (Å²) in [5.41, 5.74) is -3.90. The average molecular weight is 494 g/mol. The van der Waals surface area contributed by atoms with Gasteiger partial charge in [-0.1, -0.05) is 0 Å². The Morgan fingerprint density at radius 1 is 1.21 bits per heavy atom. The number of esters is 1. The van der Waals surface area contributed by atoms with Crippen LogP contribution in [0.15, 0.2) is 24.5 Å². The topological polar surface area (TPSA) is 119 Å². The first-order valence-corrected chi connectivity index (χ1v) is 10.8. The van der Waals surface area contributed by atoms with Crippen molar-refractivity contribution in [1.82, 2.24) is 15.0 Å². The summed E-state index contributed by atoms with van der Waals surface area (Å²) in [4.78, 5) is 36.1. The molecule has 0 bridgehead atoms. The predicted octanol–water partition coefficient (Wildman–Crippen LogP) is 2.80. The van der Waals surface area contributed by atoms with E-state index < -0.39 is 81.1 Å². The second-order valence-corrected chi connectivity index (χ2v) is 8.56. The van der Waals surface area contributed by atoms with Crippen LogP contribution in [0.5, 0.6) is 0 Å². The summed E-state index contributed by atoms with van der Waals surface area (Å²) in [6.07, 6.45) is -6.90. The highest BCUT2D eigenvalue weighted by Crippen LogP contribution is 2.40. The van der Waals surface area contributed by atoms with E-state index in [1.54, 1.807) is 0 Å². The smallest absolute Gasteiger partial charge is 0.433 e. The molecule has 0 saturated heterocycles. The molecular weight excluding hydrogens is 479 g/mol. The lowest BCUT2D eigenvalue weighted by Gasteiger charge is -2.33. The second-order valence-electron chi connectivity index (χ2n) is 6.62. The number of alkyl halides is 5. The molecule has 0 amide bonds. The van der Waals surface area contributed by atoms with E-state index in [2.05, 4.69) is 15.0 Å². The number of rotatable bonds is 6. The Bertz CT molecular complexity index is 1190. The predicted molar refractivity (Wildman–Crippen MR) is 101 cm³/mol. The van der Waals surface area contributed by atoms with E-state index in [0.29, 0.717) is 16.4 Å². The van der Waals surface area contributed by atoms with Gasteiger partial charge in [-0.3, -0.25) is 9.10 Å². The number of Topliss-reactive ketones (excluding diaryl/α,β-unsaturated/α-hetero) is 1. The van der Waals surface area contributed by atoms with Gasteiger partial charge in [-0.15, -0.1) is 0 Å². The molecule has 1 unspecified atom stereocenters. The molecule has 2 aromatic heterocycles. The lowest BCUT2D eigenvalue weighted by atomic mass is 10.0. The van der Waals surface area contributed by atoms with Gasteiger partial charge in [-0.25, -0.2) is 36.9 Å². The van der Waals surface area contributed by atoms with E-state index in [1.807, 2.05) is 0 Å². The molecule has 0 aromatic carbocycles. The molecule has 33 heavy (non-hydrogen) atoms. The summed E-state index contributed by atoms with van der Waals surface area (Å²) in [5.74, 6) is -3.09. The van der Waals surface area contributed by atoms with Crippen molar-refractivity contribution >= 4 is 27.6 Å². The fourth-order valence-electron chi connectivity index (χ4n) is 3.12. The molecule has 1 aliphatic heterocycles. The molecule has 3 heterocycles. The summed E-state index contributed by atoms with van der Waals surface area (Å²) in [6, 6.07) is 1.07. The van der Waals surface area contributed by atoms with Crippen molar-refractivity contribution in [3.63, 3.8) is 0 Å². The number of halogens is 5. The zero-order valence-electron chi connectivity index (χ0n) is 16.7. The summed E-state index contributed by atoms with van der Waals surface area (Å²) in [7, 11) is -5.00. The quantitative estimate of drug-likeness (QED) is 0.444. The maximum absolute atomic E-state index is 13.3. The number of pyridine rings is 1. The van der Waals surface area contributed by atoms with Crippen molar-refractivity contribution in [3.8, 4) is 0 Å². The number of hydrogen-bond acceptors (Lipinski definition) is 8. The number of nitrogens with zero attached hydrogens (tertiary/aromatic N) is 4. The number of fused-ring (bicyclic) bond motifs is 1. The van der Waals surface area contributed by atoms with Crippen LogP contribution in [0.4, 0.5) is 27.8 Å². The fraction of sp³-hybridized carbons (Fsp3) is 0.389. The molecule has 0 saturated carbocycles. The summed E-state index contributed by atoms with van der Waals surface area (Å²) < 4.78 is 97.3. The summed E-state index contributed by atoms with van der Waals surface area (Å²) in [5, 5.41) is -2.47. The van der Waals surface area contributed by atoms with E-state index in [-0.39, 0.29) is 6.61 Å². The van der Waals surface area contributed by atoms with E-state index >= 15 is 0 Å². The van der Waals surface area contributed by atoms with Crippen LogP contribution in [0.2, 0.25) is 0 Å². The number of sulfonamides is 1. The normalized spacial score (nSPS) is 17.7. The van der Waals surface area contributed by atoms with Gasteiger partial charge in [0, 0.05) is 25.4 Å². The second kappa shape index (κ2) is 8.96. The van der Waals surface area contributed by atoms with Crippen molar-refractivity contribution in [2.45, 2.75) is 31.2 Å². The third-order valence-electron chi connectivity index (χ3n) is 4.50. The van der Waals surface area contributed by atoms with Gasteiger partial charge >= 0.3 is 12.1 Å². The molecule has 15 heteroatoms. The van der Waals surface area contributed by atoms with Crippen molar-refractivity contribution in [1.29, 1.82) is 0 Å². The largest absolute Gasteiger partial charge is 0.462 e. The Kier molecular flexibility index (Phi) is 6.63. The Morgan fingerprint density at radius 2 is 1.88 bits per heavy atom. The Hall–Kier alpha value is -3.23. The zero-order chi connectivity index (χ0) is 24.6. The first-order valence-electron chi connectivity index (χ1n) is 9.29. The maximum atomic E-state index is 13.3. The number of carbonyl (C=O) groups excluding carboxylic acids is 2. The van der Waals surface area contributed by atoms with Crippen molar-refractivity contribution < 1.29 is 44.7 Å². The first-order chi connectivity index (χ1) is 15.4. The van der Waals surface area contributed by atoms with Gasteiger partial charge in [0.25, 0.3) is 10.0 Å². The number of ether oxygens (including phenoxy) is 1. The van der Waals surface area contributed by atoms with Crippen LogP contribution in [-0.2, 0) is 20.9 Å². The minimum Gasteiger partial charge on any atom is -0.462 e. The summed E-state index contributed by atoms with van der Waals surface area (Å²) >= 11 is 0. The minimum atomic E-state index is -5.05. The van der Waals surface area contributed by atoms with Crippen LogP contribution >= 0.6 is 0 Å². The average Bonchev–Trinajstić information content (AvgIpc) is 2.72. The molecular formula is C18H15F5N4O5S. The van der Waals surface area contributed by atoms with Crippen molar-refractivity contribution in [2.24, 2.45) is 0 Å². The lowest BCUT2D eigenvalue weighted by molar-refractivity contribution is -0.141. The van der Waals surface area contributed by atoms with Gasteiger partial charge in [0.05, 0.1) is 17.9 Å². The lowest BCUT2D eigenvalue weighted by Crippen LogP contribution is -2.45. The van der Waals surface area contributed by atoms with E-state index in [9.17, 15) is 40.0 Å².